The van der Waals surface area contributed by atoms with E-state index >= 15 is 0 Å². The summed E-state index contributed by atoms with van der Waals surface area (Å²) in [4.78, 5) is 4.52. The molecule has 0 saturated heterocycles. The highest BCUT2D eigenvalue weighted by atomic mass is 79.9. The highest BCUT2D eigenvalue weighted by Crippen LogP contribution is 2.32. The molecular formula is C12H18BrN3. The Balaban J connectivity index is 2.16. The lowest BCUT2D eigenvalue weighted by Gasteiger charge is -2.29. The van der Waals surface area contributed by atoms with E-state index in [0.717, 1.165) is 28.8 Å². The molecule has 3 N–H and O–H groups in total. The maximum absolute atomic E-state index is 5.89. The molecule has 16 heavy (non-hydrogen) atoms. The fourth-order valence-electron chi connectivity index (χ4n) is 2.32. The maximum atomic E-state index is 5.89. The van der Waals surface area contributed by atoms with Gasteiger partial charge in [-0.15, -0.1) is 0 Å². The Morgan fingerprint density at radius 3 is 2.69 bits per heavy atom. The number of anilines is 1. The van der Waals surface area contributed by atoms with Gasteiger partial charge >= 0.3 is 0 Å². The number of rotatable bonds is 3. The number of aryl methyl sites for hydroxylation is 1. The predicted octanol–water partition coefficient (Wildman–Crippen LogP) is 2.84. The van der Waals surface area contributed by atoms with Crippen molar-refractivity contribution in [2.45, 2.75) is 38.1 Å². The van der Waals surface area contributed by atoms with Gasteiger partial charge < -0.3 is 11.1 Å². The van der Waals surface area contributed by atoms with Gasteiger partial charge in [0.15, 0.2) is 0 Å². The molecule has 0 radical (unpaired) electrons. The van der Waals surface area contributed by atoms with Crippen molar-refractivity contribution in [3.05, 3.63) is 22.3 Å². The highest BCUT2D eigenvalue weighted by molar-refractivity contribution is 9.10. The molecule has 88 valence electrons. The van der Waals surface area contributed by atoms with Gasteiger partial charge in [0.2, 0.25) is 0 Å². The standard InChI is InChI=1S/C12H18BrN3/c1-9-10(13)4-5-11(15-9)16-12(8-14)6-2-3-7-12/h4-5H,2-3,6-8,14H2,1H3,(H,15,16). The predicted molar refractivity (Wildman–Crippen MR) is 70.6 cm³/mol. The molecule has 1 aromatic heterocycles. The number of halogens is 1. The molecule has 4 heteroatoms. The smallest absolute Gasteiger partial charge is 0.126 e. The number of nitrogens with zero attached hydrogens (tertiary/aromatic N) is 1. The Hall–Kier alpha value is -0.610. The van der Waals surface area contributed by atoms with Crippen LogP contribution in [-0.4, -0.2) is 17.1 Å². The first-order chi connectivity index (χ1) is 7.65. The van der Waals surface area contributed by atoms with E-state index in [9.17, 15) is 0 Å². The number of hydrogen-bond acceptors (Lipinski definition) is 3. The van der Waals surface area contributed by atoms with Crippen molar-refractivity contribution in [3.63, 3.8) is 0 Å². The van der Waals surface area contributed by atoms with Crippen LogP contribution in [0, 0.1) is 6.92 Å². The third-order valence-electron chi connectivity index (χ3n) is 3.37. The number of hydrogen-bond donors (Lipinski definition) is 2. The topological polar surface area (TPSA) is 50.9 Å². The van der Waals surface area contributed by atoms with E-state index in [4.69, 9.17) is 5.73 Å². The average Bonchev–Trinajstić information content (AvgIpc) is 2.73. The Labute approximate surface area is 105 Å². The summed E-state index contributed by atoms with van der Waals surface area (Å²) in [5, 5.41) is 3.52. The molecular weight excluding hydrogens is 266 g/mol. The van der Waals surface area contributed by atoms with Crippen LogP contribution in [0.25, 0.3) is 0 Å². The fourth-order valence-corrected chi connectivity index (χ4v) is 2.54. The van der Waals surface area contributed by atoms with Gasteiger partial charge in [0.25, 0.3) is 0 Å². The first kappa shape index (κ1) is 11.9. The van der Waals surface area contributed by atoms with Crippen LogP contribution in [0.3, 0.4) is 0 Å². The summed E-state index contributed by atoms with van der Waals surface area (Å²) < 4.78 is 1.05. The van der Waals surface area contributed by atoms with Crippen LogP contribution in [-0.2, 0) is 0 Å². The van der Waals surface area contributed by atoms with Crippen LogP contribution < -0.4 is 11.1 Å². The van der Waals surface area contributed by atoms with Crippen LogP contribution in [0.4, 0.5) is 5.82 Å². The molecule has 0 aliphatic heterocycles. The molecule has 0 atom stereocenters. The lowest BCUT2D eigenvalue weighted by molar-refractivity contribution is 0.491. The lowest BCUT2D eigenvalue weighted by Crippen LogP contribution is -2.43. The van der Waals surface area contributed by atoms with Gasteiger partial charge in [0.05, 0.1) is 11.2 Å². The van der Waals surface area contributed by atoms with Gasteiger partial charge in [-0.25, -0.2) is 4.98 Å². The fraction of sp³-hybridized carbons (Fsp3) is 0.583. The molecule has 2 rings (SSSR count). The molecule has 1 heterocycles. The van der Waals surface area contributed by atoms with E-state index in [-0.39, 0.29) is 5.54 Å². The van der Waals surface area contributed by atoms with Crippen LogP contribution in [0.2, 0.25) is 0 Å². The molecule has 0 unspecified atom stereocenters. The third kappa shape index (κ3) is 2.38. The zero-order valence-corrected chi connectivity index (χ0v) is 11.2. The van der Waals surface area contributed by atoms with Crippen LogP contribution in [0.5, 0.6) is 0 Å². The van der Waals surface area contributed by atoms with Crippen molar-refractivity contribution in [2.75, 3.05) is 11.9 Å². The summed E-state index contributed by atoms with van der Waals surface area (Å²) in [5.41, 5.74) is 6.97. The van der Waals surface area contributed by atoms with E-state index in [0.29, 0.717) is 6.54 Å². The monoisotopic (exact) mass is 283 g/mol. The summed E-state index contributed by atoms with van der Waals surface area (Å²) in [6.45, 7) is 2.68. The molecule has 0 aromatic carbocycles. The van der Waals surface area contributed by atoms with Gasteiger partial charge in [-0.3, -0.25) is 0 Å². The summed E-state index contributed by atoms with van der Waals surface area (Å²) in [7, 11) is 0. The SMILES string of the molecule is Cc1nc(NC2(CN)CCCC2)ccc1Br. The minimum absolute atomic E-state index is 0.0767. The molecule has 3 nitrogen and oxygen atoms in total. The summed E-state index contributed by atoms with van der Waals surface area (Å²) >= 11 is 3.46. The van der Waals surface area contributed by atoms with Crippen LogP contribution >= 0.6 is 15.9 Å². The molecule has 0 bridgehead atoms. The summed E-state index contributed by atoms with van der Waals surface area (Å²) in [6, 6.07) is 4.04. The molecule has 1 aliphatic carbocycles. The van der Waals surface area contributed by atoms with Crippen molar-refractivity contribution in [1.82, 2.24) is 4.98 Å². The first-order valence-electron chi connectivity index (χ1n) is 5.77. The summed E-state index contributed by atoms with van der Waals surface area (Å²) in [5.74, 6) is 0.938. The lowest BCUT2D eigenvalue weighted by atomic mass is 9.98. The van der Waals surface area contributed by atoms with Crippen LogP contribution in [0.15, 0.2) is 16.6 Å². The molecule has 1 fully saturated rings. The van der Waals surface area contributed by atoms with Crippen molar-refractivity contribution in [1.29, 1.82) is 0 Å². The average molecular weight is 284 g/mol. The van der Waals surface area contributed by atoms with E-state index in [1.54, 1.807) is 0 Å². The maximum Gasteiger partial charge on any atom is 0.126 e. The minimum Gasteiger partial charge on any atom is -0.363 e. The van der Waals surface area contributed by atoms with E-state index in [1.165, 1.54) is 12.8 Å². The van der Waals surface area contributed by atoms with E-state index < -0.39 is 0 Å². The van der Waals surface area contributed by atoms with Gasteiger partial charge in [-0.05, 0) is 47.8 Å². The van der Waals surface area contributed by atoms with Crippen molar-refractivity contribution >= 4 is 21.7 Å². The Morgan fingerprint density at radius 1 is 1.44 bits per heavy atom. The Kier molecular flexibility index (Phi) is 3.50. The van der Waals surface area contributed by atoms with Crippen LogP contribution in [0.1, 0.15) is 31.4 Å². The second kappa shape index (κ2) is 4.72. The highest BCUT2D eigenvalue weighted by Gasteiger charge is 2.32. The number of nitrogens with one attached hydrogen (secondary N) is 1. The number of aromatic nitrogens is 1. The van der Waals surface area contributed by atoms with Gasteiger partial charge in [0, 0.05) is 11.0 Å². The molecule has 0 amide bonds. The largest absolute Gasteiger partial charge is 0.363 e. The zero-order chi connectivity index (χ0) is 11.6. The summed E-state index contributed by atoms with van der Waals surface area (Å²) in [6.07, 6.45) is 4.83. The second-order valence-electron chi connectivity index (χ2n) is 4.58. The normalized spacial score (nSPS) is 18.7. The molecule has 1 aromatic rings. The van der Waals surface area contributed by atoms with Crippen molar-refractivity contribution in [2.24, 2.45) is 5.73 Å². The molecule has 0 spiro atoms. The number of nitrogens with two attached hydrogens (primary N) is 1. The quantitative estimate of drug-likeness (QED) is 0.897. The minimum atomic E-state index is 0.0767. The second-order valence-corrected chi connectivity index (χ2v) is 5.43. The van der Waals surface area contributed by atoms with E-state index in [1.807, 2.05) is 19.1 Å². The van der Waals surface area contributed by atoms with E-state index in [2.05, 4.69) is 26.2 Å². The Bertz CT molecular complexity index is 373. The first-order valence-corrected chi connectivity index (χ1v) is 6.56. The molecule has 1 aliphatic rings. The van der Waals surface area contributed by atoms with Crippen molar-refractivity contribution in [3.8, 4) is 0 Å². The zero-order valence-electron chi connectivity index (χ0n) is 9.59. The third-order valence-corrected chi connectivity index (χ3v) is 4.20. The van der Waals surface area contributed by atoms with Gasteiger partial charge in [-0.2, -0.15) is 0 Å². The Morgan fingerprint density at radius 2 is 2.12 bits per heavy atom. The molecule has 1 saturated carbocycles. The van der Waals surface area contributed by atoms with Gasteiger partial charge in [-0.1, -0.05) is 12.8 Å². The van der Waals surface area contributed by atoms with Crippen molar-refractivity contribution < 1.29 is 0 Å². The van der Waals surface area contributed by atoms with Gasteiger partial charge in [0.1, 0.15) is 5.82 Å². The number of pyridine rings is 1.